The molecule has 1 fully saturated rings. The summed E-state index contributed by atoms with van der Waals surface area (Å²) in [6, 6.07) is -1.11. The normalized spacial score (nSPS) is 28.6. The van der Waals surface area contributed by atoms with E-state index in [9.17, 15) is 23.1 Å². The molecule has 2 N–H and O–H groups in total. The molecule has 0 spiro atoms. The van der Waals surface area contributed by atoms with Crippen LogP contribution in [0.25, 0.3) is 0 Å². The third kappa shape index (κ3) is 3.50. The third-order valence-corrected chi connectivity index (χ3v) is 2.81. The van der Waals surface area contributed by atoms with Crippen LogP contribution in [0.1, 0.15) is 27.2 Å². The van der Waals surface area contributed by atoms with E-state index in [1.807, 2.05) is 0 Å². The van der Waals surface area contributed by atoms with Crippen LogP contribution in [-0.2, 0) is 4.74 Å². The standard InChI is InChI=1S/C11H18F3NO4/c1-9(2,3)19-8(17)15-6-10(18,11(12,13)14)4-7(15)5-16/h7,16,18H,4-6H2,1-3H3. The number of amides is 1. The highest BCUT2D eigenvalue weighted by Gasteiger charge is 2.61. The summed E-state index contributed by atoms with van der Waals surface area (Å²) in [6.45, 7) is 3.12. The number of hydrogen-bond donors (Lipinski definition) is 2. The molecule has 1 amide bonds. The molecule has 2 atom stereocenters. The second-order valence-electron chi connectivity index (χ2n) is 5.68. The summed E-state index contributed by atoms with van der Waals surface area (Å²) in [6.07, 6.45) is -6.60. The smallest absolute Gasteiger partial charge is 0.419 e. The highest BCUT2D eigenvalue weighted by Crippen LogP contribution is 2.40. The van der Waals surface area contributed by atoms with Gasteiger partial charge in [0.15, 0.2) is 5.60 Å². The van der Waals surface area contributed by atoms with Gasteiger partial charge in [-0.2, -0.15) is 13.2 Å². The molecular weight excluding hydrogens is 267 g/mol. The molecule has 0 aliphatic carbocycles. The maximum absolute atomic E-state index is 12.7. The Morgan fingerprint density at radius 3 is 2.32 bits per heavy atom. The minimum Gasteiger partial charge on any atom is -0.444 e. The van der Waals surface area contributed by atoms with Crippen LogP contribution in [0.15, 0.2) is 0 Å². The van der Waals surface area contributed by atoms with E-state index in [1.54, 1.807) is 20.8 Å². The molecule has 1 rings (SSSR count). The number of carbonyl (C=O) groups is 1. The minimum absolute atomic E-state index is 0.669. The van der Waals surface area contributed by atoms with Crippen LogP contribution < -0.4 is 0 Å². The average molecular weight is 285 g/mol. The van der Waals surface area contributed by atoms with Crippen molar-refractivity contribution in [2.75, 3.05) is 13.2 Å². The summed E-state index contributed by atoms with van der Waals surface area (Å²) in [5, 5.41) is 18.6. The maximum Gasteiger partial charge on any atom is 0.419 e. The average Bonchev–Trinajstić information content (AvgIpc) is 2.53. The second kappa shape index (κ2) is 4.82. The largest absolute Gasteiger partial charge is 0.444 e. The van der Waals surface area contributed by atoms with Gasteiger partial charge in [-0.1, -0.05) is 0 Å². The number of ether oxygens (including phenoxy) is 1. The van der Waals surface area contributed by atoms with Crippen LogP contribution in [0.3, 0.4) is 0 Å². The molecule has 1 heterocycles. The van der Waals surface area contributed by atoms with Crippen LogP contribution in [0, 0.1) is 0 Å². The Bertz CT molecular complexity index is 353. The predicted molar refractivity (Wildman–Crippen MR) is 59.4 cm³/mol. The topological polar surface area (TPSA) is 70.0 Å². The molecule has 0 radical (unpaired) electrons. The van der Waals surface area contributed by atoms with Crippen LogP contribution in [0.5, 0.6) is 0 Å². The van der Waals surface area contributed by atoms with Crippen molar-refractivity contribution < 1.29 is 32.9 Å². The lowest BCUT2D eigenvalue weighted by molar-refractivity contribution is -0.253. The molecule has 0 aromatic carbocycles. The highest BCUT2D eigenvalue weighted by molar-refractivity contribution is 5.69. The first-order valence-corrected chi connectivity index (χ1v) is 5.79. The molecule has 1 aliphatic heterocycles. The minimum atomic E-state index is -4.86. The van der Waals surface area contributed by atoms with Crippen LogP contribution in [-0.4, -0.2) is 57.8 Å². The molecule has 1 aliphatic rings. The molecule has 0 saturated carbocycles. The van der Waals surface area contributed by atoms with Crippen molar-refractivity contribution in [3.63, 3.8) is 0 Å². The lowest BCUT2D eigenvalue weighted by Crippen LogP contribution is -2.48. The van der Waals surface area contributed by atoms with E-state index in [0.717, 1.165) is 4.90 Å². The Hall–Kier alpha value is -1.02. The first-order valence-electron chi connectivity index (χ1n) is 5.79. The molecule has 0 aromatic heterocycles. The number of hydrogen-bond acceptors (Lipinski definition) is 4. The van der Waals surface area contributed by atoms with Crippen molar-refractivity contribution in [1.82, 2.24) is 4.90 Å². The van der Waals surface area contributed by atoms with Gasteiger partial charge in [0.05, 0.1) is 19.2 Å². The number of carbonyl (C=O) groups excluding carboxylic acids is 1. The Kier molecular flexibility index (Phi) is 4.07. The van der Waals surface area contributed by atoms with Crippen molar-refractivity contribution in [3.05, 3.63) is 0 Å². The van der Waals surface area contributed by atoms with Gasteiger partial charge in [0, 0.05) is 6.42 Å². The van der Waals surface area contributed by atoms with Crippen molar-refractivity contribution in [2.24, 2.45) is 0 Å². The highest BCUT2D eigenvalue weighted by atomic mass is 19.4. The van der Waals surface area contributed by atoms with Gasteiger partial charge < -0.3 is 14.9 Å². The SMILES string of the molecule is CC(C)(C)OC(=O)N1CC(O)(C(F)(F)F)CC1CO. The van der Waals surface area contributed by atoms with E-state index in [-0.39, 0.29) is 0 Å². The van der Waals surface area contributed by atoms with Gasteiger partial charge in [-0.05, 0) is 20.8 Å². The molecule has 112 valence electrons. The Morgan fingerprint density at radius 1 is 1.42 bits per heavy atom. The van der Waals surface area contributed by atoms with Gasteiger partial charge in [-0.25, -0.2) is 4.79 Å². The summed E-state index contributed by atoms with van der Waals surface area (Å²) >= 11 is 0. The summed E-state index contributed by atoms with van der Waals surface area (Å²) in [5.74, 6) is 0. The van der Waals surface area contributed by atoms with E-state index in [2.05, 4.69) is 0 Å². The lowest BCUT2D eigenvalue weighted by Gasteiger charge is -2.28. The van der Waals surface area contributed by atoms with Crippen LogP contribution >= 0.6 is 0 Å². The molecule has 0 bridgehead atoms. The quantitative estimate of drug-likeness (QED) is 0.761. The number of likely N-dealkylation sites (tertiary alicyclic amines) is 1. The zero-order chi connectivity index (χ0) is 15.1. The lowest BCUT2D eigenvalue weighted by atomic mass is 10.0. The Labute approximate surface area is 109 Å². The molecular formula is C11H18F3NO4. The number of halogens is 3. The first-order chi connectivity index (χ1) is 8.39. The predicted octanol–water partition coefficient (Wildman–Crippen LogP) is 1.28. The molecule has 1 saturated heterocycles. The number of rotatable bonds is 1. The maximum atomic E-state index is 12.7. The zero-order valence-corrected chi connectivity index (χ0v) is 11.0. The Balaban J connectivity index is 2.88. The van der Waals surface area contributed by atoms with Gasteiger partial charge in [0.1, 0.15) is 5.60 Å². The summed E-state index contributed by atoms with van der Waals surface area (Å²) in [5.41, 5.74) is -3.87. The molecule has 19 heavy (non-hydrogen) atoms. The number of nitrogens with zero attached hydrogens (tertiary/aromatic N) is 1. The fraction of sp³-hybridized carbons (Fsp3) is 0.909. The fourth-order valence-electron chi connectivity index (χ4n) is 1.88. The van der Waals surface area contributed by atoms with Crippen LogP contribution in [0.4, 0.5) is 18.0 Å². The van der Waals surface area contributed by atoms with E-state index in [1.165, 1.54) is 0 Å². The van der Waals surface area contributed by atoms with Gasteiger partial charge >= 0.3 is 12.3 Å². The van der Waals surface area contributed by atoms with E-state index < -0.39 is 49.1 Å². The van der Waals surface area contributed by atoms with Gasteiger partial charge in [-0.15, -0.1) is 0 Å². The van der Waals surface area contributed by atoms with E-state index in [4.69, 9.17) is 9.84 Å². The van der Waals surface area contributed by atoms with Gasteiger partial charge in [-0.3, -0.25) is 4.90 Å². The van der Waals surface area contributed by atoms with Gasteiger partial charge in [0.25, 0.3) is 0 Å². The van der Waals surface area contributed by atoms with Crippen molar-refractivity contribution in [2.45, 2.75) is 50.6 Å². The van der Waals surface area contributed by atoms with E-state index in [0.29, 0.717) is 0 Å². The first kappa shape index (κ1) is 16.0. The third-order valence-electron chi connectivity index (χ3n) is 2.81. The number of aliphatic hydroxyl groups excluding tert-OH is 1. The second-order valence-corrected chi connectivity index (χ2v) is 5.68. The molecule has 8 heteroatoms. The van der Waals surface area contributed by atoms with E-state index >= 15 is 0 Å². The van der Waals surface area contributed by atoms with Gasteiger partial charge in [0.2, 0.25) is 0 Å². The summed E-state index contributed by atoms with van der Waals surface area (Å²) in [4.78, 5) is 12.5. The van der Waals surface area contributed by atoms with Crippen molar-refractivity contribution in [3.8, 4) is 0 Å². The monoisotopic (exact) mass is 285 g/mol. The number of aliphatic hydroxyl groups is 2. The Morgan fingerprint density at radius 2 is 1.95 bits per heavy atom. The summed E-state index contributed by atoms with van der Waals surface area (Å²) < 4.78 is 43.1. The fourth-order valence-corrected chi connectivity index (χ4v) is 1.88. The van der Waals surface area contributed by atoms with Crippen molar-refractivity contribution >= 4 is 6.09 Å². The zero-order valence-electron chi connectivity index (χ0n) is 11.0. The molecule has 5 nitrogen and oxygen atoms in total. The summed E-state index contributed by atoms with van der Waals surface area (Å²) in [7, 11) is 0. The molecule has 0 aromatic rings. The molecule has 2 unspecified atom stereocenters. The number of β-amino-alcohol motifs (C(OH)–C–C–N with tert-alkyl or cyclic N) is 1. The van der Waals surface area contributed by atoms with Crippen LogP contribution in [0.2, 0.25) is 0 Å². The number of alkyl halides is 3. The van der Waals surface area contributed by atoms with Crippen molar-refractivity contribution in [1.29, 1.82) is 0 Å².